The quantitative estimate of drug-likeness (QED) is 0.504. The molecule has 10 heteroatoms. The number of pyridine rings is 2. The maximum absolute atomic E-state index is 13.0. The molecular formula is C24H27F3N4O3. The number of aliphatic hydroxyl groups excluding tert-OH is 1. The Hall–Kier alpha value is -2.98. The van der Waals surface area contributed by atoms with Crippen LogP contribution < -0.4 is 5.32 Å². The lowest BCUT2D eigenvalue weighted by Crippen LogP contribution is -2.22. The third-order valence-electron chi connectivity index (χ3n) is 6.31. The fourth-order valence-electron chi connectivity index (χ4n) is 4.40. The number of halogens is 3. The highest BCUT2D eigenvalue weighted by Gasteiger charge is 2.33. The molecule has 3 N–H and O–H groups in total. The van der Waals surface area contributed by atoms with E-state index in [9.17, 15) is 28.2 Å². The Labute approximate surface area is 194 Å². The summed E-state index contributed by atoms with van der Waals surface area (Å²) in [7, 11) is 0. The second-order valence-electron chi connectivity index (χ2n) is 9.35. The van der Waals surface area contributed by atoms with Gasteiger partial charge >= 0.3 is 6.18 Å². The first-order valence-corrected chi connectivity index (χ1v) is 11.2. The van der Waals surface area contributed by atoms with Crippen molar-refractivity contribution in [3.8, 4) is 0 Å². The molecule has 7 nitrogen and oxygen atoms in total. The molecule has 1 fully saturated rings. The molecule has 3 heterocycles. The van der Waals surface area contributed by atoms with Gasteiger partial charge in [0.2, 0.25) is 0 Å². The SMILES string of the molecule is CC(C)(O)c1cc2nc(C3CCC(CO)CC3)cn2cc1NC(=O)c1cccc(C(F)(F)F)n1. The molecular weight excluding hydrogens is 449 g/mol. The topological polar surface area (TPSA) is 99.8 Å². The fourth-order valence-corrected chi connectivity index (χ4v) is 4.40. The molecule has 3 aromatic heterocycles. The smallest absolute Gasteiger partial charge is 0.396 e. The van der Waals surface area contributed by atoms with E-state index in [2.05, 4.69) is 10.3 Å². The lowest BCUT2D eigenvalue weighted by Gasteiger charge is -2.25. The summed E-state index contributed by atoms with van der Waals surface area (Å²) in [5.41, 5.74) is -0.792. The number of nitrogens with one attached hydrogen (secondary N) is 1. The van der Waals surface area contributed by atoms with Gasteiger partial charge in [0.15, 0.2) is 0 Å². The molecule has 1 aliphatic rings. The van der Waals surface area contributed by atoms with Crippen LogP contribution in [0.4, 0.5) is 18.9 Å². The molecule has 182 valence electrons. The van der Waals surface area contributed by atoms with E-state index in [-0.39, 0.29) is 23.9 Å². The van der Waals surface area contributed by atoms with Crippen LogP contribution in [-0.2, 0) is 11.8 Å². The number of alkyl halides is 3. The maximum atomic E-state index is 13.0. The van der Waals surface area contributed by atoms with Crippen LogP contribution in [0.1, 0.15) is 72.9 Å². The second kappa shape index (κ2) is 8.99. The van der Waals surface area contributed by atoms with Crippen molar-refractivity contribution < 1.29 is 28.2 Å². The lowest BCUT2D eigenvalue weighted by molar-refractivity contribution is -0.141. The first kappa shape index (κ1) is 24.2. The number of nitrogens with zero attached hydrogens (tertiary/aromatic N) is 3. The summed E-state index contributed by atoms with van der Waals surface area (Å²) in [5.74, 6) is -0.249. The van der Waals surface area contributed by atoms with Crippen LogP contribution in [-0.4, -0.2) is 37.1 Å². The van der Waals surface area contributed by atoms with Gasteiger partial charge in [-0.1, -0.05) is 6.07 Å². The standard InChI is InChI=1S/C24H27F3N4O3/c1-23(2,34)16-10-21-29-18(15-8-6-14(13-32)7-9-15)11-31(21)12-19(16)30-22(33)17-4-3-5-20(28-17)24(25,26)27/h3-5,10-12,14-15,32,34H,6-9,13H2,1-2H3,(H,30,33). The van der Waals surface area contributed by atoms with Gasteiger partial charge in [0.25, 0.3) is 5.91 Å². The first-order chi connectivity index (χ1) is 16.0. The largest absolute Gasteiger partial charge is 0.433 e. The van der Waals surface area contributed by atoms with Crippen LogP contribution >= 0.6 is 0 Å². The van der Waals surface area contributed by atoms with Gasteiger partial charge in [-0.2, -0.15) is 13.2 Å². The Kier molecular flexibility index (Phi) is 6.39. The fraction of sp³-hybridized carbons (Fsp3) is 0.458. The van der Waals surface area contributed by atoms with Gasteiger partial charge in [0, 0.05) is 30.5 Å². The van der Waals surface area contributed by atoms with Crippen molar-refractivity contribution in [1.29, 1.82) is 0 Å². The Morgan fingerprint density at radius 3 is 2.47 bits per heavy atom. The minimum Gasteiger partial charge on any atom is -0.396 e. The normalized spacial score (nSPS) is 19.4. The highest BCUT2D eigenvalue weighted by molar-refractivity contribution is 6.03. The molecule has 0 aromatic carbocycles. The number of rotatable bonds is 5. The van der Waals surface area contributed by atoms with Gasteiger partial charge in [-0.25, -0.2) is 9.97 Å². The van der Waals surface area contributed by atoms with Crippen molar-refractivity contribution in [2.24, 2.45) is 5.92 Å². The Bertz CT molecular complexity index is 1190. The average molecular weight is 476 g/mol. The minimum absolute atomic E-state index is 0.191. The zero-order valence-electron chi connectivity index (χ0n) is 18.9. The maximum Gasteiger partial charge on any atom is 0.433 e. The van der Waals surface area contributed by atoms with Gasteiger partial charge in [-0.05, 0) is 63.6 Å². The molecule has 4 rings (SSSR count). The third-order valence-corrected chi connectivity index (χ3v) is 6.31. The zero-order valence-corrected chi connectivity index (χ0v) is 18.9. The molecule has 0 unspecified atom stereocenters. The number of fused-ring (bicyclic) bond motifs is 1. The van der Waals surface area contributed by atoms with Crippen LogP contribution in [0.2, 0.25) is 0 Å². The van der Waals surface area contributed by atoms with Gasteiger partial charge < -0.3 is 19.9 Å². The van der Waals surface area contributed by atoms with Crippen molar-refractivity contribution in [3.05, 3.63) is 59.3 Å². The van der Waals surface area contributed by atoms with Gasteiger partial charge in [-0.15, -0.1) is 0 Å². The minimum atomic E-state index is -4.67. The number of anilines is 1. The van der Waals surface area contributed by atoms with Crippen molar-refractivity contribution in [2.45, 2.75) is 57.2 Å². The summed E-state index contributed by atoms with van der Waals surface area (Å²) in [5, 5.41) is 22.7. The molecule has 1 saturated carbocycles. The van der Waals surface area contributed by atoms with Gasteiger partial charge in [-0.3, -0.25) is 4.79 Å². The highest BCUT2D eigenvalue weighted by Crippen LogP contribution is 2.36. The van der Waals surface area contributed by atoms with Gasteiger partial charge in [0.05, 0.1) is 17.0 Å². The van der Waals surface area contributed by atoms with E-state index in [0.717, 1.165) is 43.5 Å². The Balaban J connectivity index is 1.66. The number of hydrogen-bond acceptors (Lipinski definition) is 5. The Morgan fingerprint density at radius 2 is 1.85 bits per heavy atom. The number of hydrogen-bond donors (Lipinski definition) is 3. The molecule has 0 radical (unpaired) electrons. The monoisotopic (exact) mass is 476 g/mol. The molecule has 0 spiro atoms. The summed E-state index contributed by atoms with van der Waals surface area (Å²) in [6.45, 7) is 3.30. The molecule has 3 aromatic rings. The van der Waals surface area contributed by atoms with Crippen LogP contribution in [0.15, 0.2) is 36.7 Å². The van der Waals surface area contributed by atoms with E-state index < -0.39 is 23.4 Å². The summed E-state index contributed by atoms with van der Waals surface area (Å²) >= 11 is 0. The molecule has 0 bridgehead atoms. The number of aromatic nitrogens is 3. The molecule has 0 saturated heterocycles. The second-order valence-corrected chi connectivity index (χ2v) is 9.35. The summed E-state index contributed by atoms with van der Waals surface area (Å²) < 4.78 is 40.7. The summed E-state index contributed by atoms with van der Waals surface area (Å²) in [4.78, 5) is 20.9. The van der Waals surface area contributed by atoms with Crippen molar-refractivity contribution >= 4 is 17.2 Å². The van der Waals surface area contributed by atoms with Crippen LogP contribution in [0.3, 0.4) is 0 Å². The number of amides is 1. The van der Waals surface area contributed by atoms with E-state index in [1.54, 1.807) is 30.5 Å². The first-order valence-electron chi connectivity index (χ1n) is 11.2. The zero-order chi connectivity index (χ0) is 24.7. The van der Waals surface area contributed by atoms with Gasteiger partial charge in [0.1, 0.15) is 17.0 Å². The summed E-state index contributed by atoms with van der Waals surface area (Å²) in [6.07, 6.45) is 2.48. The lowest BCUT2D eigenvalue weighted by atomic mass is 9.81. The van der Waals surface area contributed by atoms with E-state index in [4.69, 9.17) is 4.98 Å². The van der Waals surface area contributed by atoms with Crippen molar-refractivity contribution in [1.82, 2.24) is 14.4 Å². The molecule has 34 heavy (non-hydrogen) atoms. The van der Waals surface area contributed by atoms with Crippen molar-refractivity contribution in [3.63, 3.8) is 0 Å². The summed E-state index contributed by atoms with van der Waals surface area (Å²) in [6, 6.07) is 4.79. The van der Waals surface area contributed by atoms with E-state index in [1.807, 2.05) is 6.20 Å². The number of carbonyl (C=O) groups excluding carboxylic acids is 1. The number of carbonyl (C=O) groups is 1. The molecule has 0 atom stereocenters. The van der Waals surface area contributed by atoms with Crippen LogP contribution in [0.5, 0.6) is 0 Å². The predicted octanol–water partition coefficient (Wildman–Crippen LogP) is 4.49. The number of aliphatic hydroxyl groups is 2. The predicted molar refractivity (Wildman–Crippen MR) is 119 cm³/mol. The molecule has 0 aliphatic heterocycles. The third kappa shape index (κ3) is 5.07. The molecule has 1 aliphatic carbocycles. The van der Waals surface area contributed by atoms with Crippen LogP contribution in [0.25, 0.3) is 5.65 Å². The van der Waals surface area contributed by atoms with Crippen LogP contribution in [0, 0.1) is 5.92 Å². The Morgan fingerprint density at radius 1 is 1.15 bits per heavy atom. The average Bonchev–Trinajstić information content (AvgIpc) is 3.20. The number of imidazole rings is 1. The highest BCUT2D eigenvalue weighted by atomic mass is 19.4. The van der Waals surface area contributed by atoms with E-state index >= 15 is 0 Å². The van der Waals surface area contributed by atoms with E-state index in [0.29, 0.717) is 17.1 Å². The molecule has 1 amide bonds. The van der Waals surface area contributed by atoms with Crippen molar-refractivity contribution in [2.75, 3.05) is 11.9 Å². The van der Waals surface area contributed by atoms with E-state index in [1.165, 1.54) is 6.07 Å².